The number of aryl methyl sites for hydroxylation is 1. The predicted octanol–water partition coefficient (Wildman–Crippen LogP) is 2.87. The van der Waals surface area contributed by atoms with Gasteiger partial charge in [-0.05, 0) is 50.4 Å². The number of piperidine rings is 1. The van der Waals surface area contributed by atoms with Crippen LogP contribution in [0.5, 0.6) is 0 Å². The molecule has 2 fully saturated rings. The summed E-state index contributed by atoms with van der Waals surface area (Å²) in [6.45, 7) is 1.77. The van der Waals surface area contributed by atoms with Gasteiger partial charge >= 0.3 is 5.97 Å². The maximum absolute atomic E-state index is 13.5. The number of carbonyl (C=O) groups excluding carboxylic acids is 1. The summed E-state index contributed by atoms with van der Waals surface area (Å²) >= 11 is 0. The summed E-state index contributed by atoms with van der Waals surface area (Å²) in [6.07, 6.45) is 3.11. The number of ether oxygens (including phenoxy) is 1. The monoisotopic (exact) mass is 291 g/mol. The molecular formula is C17H22FNO2. The summed E-state index contributed by atoms with van der Waals surface area (Å²) in [5.41, 5.74) is 1.71. The molecule has 4 unspecified atom stereocenters. The first kappa shape index (κ1) is 14.5. The summed E-state index contributed by atoms with van der Waals surface area (Å²) in [6, 6.07) is 5.99. The molecule has 1 aromatic carbocycles. The smallest absolute Gasteiger partial charge is 0.310 e. The van der Waals surface area contributed by atoms with Crippen LogP contribution >= 0.6 is 0 Å². The molecule has 0 amide bonds. The van der Waals surface area contributed by atoms with Gasteiger partial charge in [-0.1, -0.05) is 12.1 Å². The van der Waals surface area contributed by atoms with Crippen molar-refractivity contribution >= 4 is 5.97 Å². The number of methoxy groups -OCH3 is 1. The van der Waals surface area contributed by atoms with Crippen LogP contribution in [0.15, 0.2) is 18.2 Å². The van der Waals surface area contributed by atoms with Gasteiger partial charge < -0.3 is 4.74 Å². The molecule has 0 radical (unpaired) electrons. The summed E-state index contributed by atoms with van der Waals surface area (Å²) < 4.78 is 18.6. The summed E-state index contributed by atoms with van der Waals surface area (Å²) in [5, 5.41) is 0. The van der Waals surface area contributed by atoms with Gasteiger partial charge in [0.1, 0.15) is 5.82 Å². The number of rotatable bonds is 2. The fourth-order valence-corrected chi connectivity index (χ4v) is 4.17. The first-order valence-corrected chi connectivity index (χ1v) is 7.58. The highest BCUT2D eigenvalue weighted by Gasteiger charge is 2.49. The SMILES string of the molecule is COC(=O)C1C(c2ccc(F)c(C)c2)CC2CCC1N2C. The van der Waals surface area contributed by atoms with Crippen LogP contribution in [0.4, 0.5) is 4.39 Å². The lowest BCUT2D eigenvalue weighted by Gasteiger charge is -2.41. The molecule has 0 aromatic heterocycles. The molecule has 2 heterocycles. The average Bonchev–Trinajstić information content (AvgIpc) is 2.72. The van der Waals surface area contributed by atoms with E-state index in [1.165, 1.54) is 13.2 Å². The highest BCUT2D eigenvalue weighted by molar-refractivity contribution is 5.75. The molecule has 4 heteroatoms. The Kier molecular flexibility index (Phi) is 3.74. The highest BCUT2D eigenvalue weighted by atomic mass is 19.1. The number of fused-ring (bicyclic) bond motifs is 2. The molecule has 2 bridgehead atoms. The number of nitrogens with zero attached hydrogens (tertiary/aromatic N) is 1. The Hall–Kier alpha value is -1.42. The number of carbonyl (C=O) groups is 1. The molecule has 0 N–H and O–H groups in total. The second kappa shape index (κ2) is 5.41. The normalized spacial score (nSPS) is 32.2. The van der Waals surface area contributed by atoms with Gasteiger partial charge in [0.15, 0.2) is 0 Å². The summed E-state index contributed by atoms with van der Waals surface area (Å²) in [7, 11) is 3.56. The van der Waals surface area contributed by atoms with Gasteiger partial charge in [-0.3, -0.25) is 9.69 Å². The second-order valence-corrected chi connectivity index (χ2v) is 6.36. The number of benzene rings is 1. The highest BCUT2D eigenvalue weighted by Crippen LogP contribution is 2.46. The Balaban J connectivity index is 1.98. The first-order valence-electron chi connectivity index (χ1n) is 7.58. The zero-order valence-corrected chi connectivity index (χ0v) is 12.8. The molecule has 3 nitrogen and oxygen atoms in total. The van der Waals surface area contributed by atoms with Gasteiger partial charge in [0.05, 0.1) is 13.0 Å². The maximum Gasteiger partial charge on any atom is 0.310 e. The topological polar surface area (TPSA) is 29.5 Å². The molecule has 2 aliphatic heterocycles. The van der Waals surface area contributed by atoms with Crippen molar-refractivity contribution in [2.24, 2.45) is 5.92 Å². The Labute approximate surface area is 125 Å². The minimum Gasteiger partial charge on any atom is -0.469 e. The zero-order chi connectivity index (χ0) is 15.1. The van der Waals surface area contributed by atoms with Gasteiger partial charge in [-0.2, -0.15) is 0 Å². The largest absolute Gasteiger partial charge is 0.469 e. The molecule has 1 aromatic rings. The van der Waals surface area contributed by atoms with Crippen molar-refractivity contribution in [3.8, 4) is 0 Å². The quantitative estimate of drug-likeness (QED) is 0.785. The van der Waals surface area contributed by atoms with Crippen molar-refractivity contribution in [1.29, 1.82) is 0 Å². The molecule has 2 saturated heterocycles. The van der Waals surface area contributed by atoms with Crippen LogP contribution in [0, 0.1) is 18.7 Å². The van der Waals surface area contributed by atoms with E-state index >= 15 is 0 Å². The predicted molar refractivity (Wildman–Crippen MR) is 78.6 cm³/mol. The summed E-state index contributed by atoms with van der Waals surface area (Å²) in [5.74, 6) is -0.350. The number of esters is 1. The lowest BCUT2D eigenvalue weighted by Crippen LogP contribution is -2.49. The van der Waals surface area contributed by atoms with Crippen LogP contribution in [-0.2, 0) is 9.53 Å². The third-order valence-corrected chi connectivity index (χ3v) is 5.35. The molecule has 2 aliphatic rings. The van der Waals surface area contributed by atoms with E-state index in [1.807, 2.05) is 12.1 Å². The molecule has 114 valence electrons. The molecule has 0 aliphatic carbocycles. The minimum atomic E-state index is -0.190. The Bertz CT molecular complexity index is 560. The van der Waals surface area contributed by atoms with Crippen LogP contribution in [0.3, 0.4) is 0 Å². The summed E-state index contributed by atoms with van der Waals surface area (Å²) in [4.78, 5) is 14.6. The average molecular weight is 291 g/mol. The van der Waals surface area contributed by atoms with Crippen LogP contribution in [0.25, 0.3) is 0 Å². The third kappa shape index (κ3) is 2.35. The van der Waals surface area contributed by atoms with E-state index in [0.29, 0.717) is 11.6 Å². The molecular weight excluding hydrogens is 269 g/mol. The zero-order valence-electron chi connectivity index (χ0n) is 12.8. The Morgan fingerprint density at radius 3 is 2.81 bits per heavy atom. The second-order valence-electron chi connectivity index (χ2n) is 6.36. The number of hydrogen-bond acceptors (Lipinski definition) is 3. The van der Waals surface area contributed by atoms with Crippen molar-refractivity contribution in [1.82, 2.24) is 4.90 Å². The third-order valence-electron chi connectivity index (χ3n) is 5.35. The van der Waals surface area contributed by atoms with Gasteiger partial charge in [0, 0.05) is 18.0 Å². The van der Waals surface area contributed by atoms with Crippen molar-refractivity contribution in [2.45, 2.75) is 44.2 Å². The van der Waals surface area contributed by atoms with Crippen molar-refractivity contribution in [3.05, 3.63) is 35.1 Å². The molecule has 3 rings (SSSR count). The van der Waals surface area contributed by atoms with Crippen LogP contribution in [0.2, 0.25) is 0 Å². The van der Waals surface area contributed by atoms with E-state index in [-0.39, 0.29) is 29.7 Å². The maximum atomic E-state index is 13.5. The van der Waals surface area contributed by atoms with Gasteiger partial charge in [-0.25, -0.2) is 4.39 Å². The number of halogens is 1. The van der Waals surface area contributed by atoms with Crippen molar-refractivity contribution in [3.63, 3.8) is 0 Å². The van der Waals surface area contributed by atoms with Crippen LogP contribution in [0.1, 0.15) is 36.3 Å². The van der Waals surface area contributed by atoms with Crippen LogP contribution in [-0.4, -0.2) is 37.1 Å². The molecule has 21 heavy (non-hydrogen) atoms. The van der Waals surface area contributed by atoms with Gasteiger partial charge in [0.2, 0.25) is 0 Å². The standard InChI is InChI=1S/C17H22FNO2/c1-10-8-11(4-6-14(10)18)13-9-12-5-7-15(19(12)2)16(13)17(20)21-3/h4,6,8,12-13,15-16H,5,7,9H2,1-3H3. The molecule has 4 atom stereocenters. The lowest BCUT2D eigenvalue weighted by atomic mass is 9.76. The van der Waals surface area contributed by atoms with E-state index in [1.54, 1.807) is 6.92 Å². The van der Waals surface area contributed by atoms with E-state index in [2.05, 4.69) is 11.9 Å². The Morgan fingerprint density at radius 1 is 1.38 bits per heavy atom. The van der Waals surface area contributed by atoms with E-state index in [4.69, 9.17) is 4.74 Å². The fraction of sp³-hybridized carbons (Fsp3) is 0.588. The van der Waals surface area contributed by atoms with Gasteiger partial charge in [0.25, 0.3) is 0 Å². The van der Waals surface area contributed by atoms with E-state index in [0.717, 1.165) is 24.8 Å². The van der Waals surface area contributed by atoms with E-state index in [9.17, 15) is 9.18 Å². The fourth-order valence-electron chi connectivity index (χ4n) is 4.17. The van der Waals surface area contributed by atoms with E-state index < -0.39 is 0 Å². The van der Waals surface area contributed by atoms with Crippen LogP contribution < -0.4 is 0 Å². The van der Waals surface area contributed by atoms with Gasteiger partial charge in [-0.15, -0.1) is 0 Å². The van der Waals surface area contributed by atoms with Crippen molar-refractivity contribution < 1.29 is 13.9 Å². The first-order chi connectivity index (χ1) is 10.0. The Morgan fingerprint density at radius 2 is 2.14 bits per heavy atom. The molecule has 0 saturated carbocycles. The molecule has 0 spiro atoms. The lowest BCUT2D eigenvalue weighted by molar-refractivity contribution is -0.150. The van der Waals surface area contributed by atoms with Crippen molar-refractivity contribution in [2.75, 3.05) is 14.2 Å². The minimum absolute atomic E-state index is 0.130. The number of hydrogen-bond donors (Lipinski definition) is 0.